The fraction of sp³-hybridized carbons (Fsp3) is 0.462. The maximum atomic E-state index is 13.3. The van der Waals surface area contributed by atoms with E-state index in [9.17, 15) is 9.18 Å². The molecule has 1 aliphatic heterocycles. The molecule has 0 aromatic heterocycles. The summed E-state index contributed by atoms with van der Waals surface area (Å²) >= 11 is 3.20. The summed E-state index contributed by atoms with van der Waals surface area (Å²) in [6.45, 7) is 3.24. The third-order valence-corrected chi connectivity index (χ3v) is 3.82. The van der Waals surface area contributed by atoms with E-state index in [-0.39, 0.29) is 11.9 Å². The lowest BCUT2D eigenvalue weighted by Gasteiger charge is -2.21. The maximum Gasteiger partial charge on any atom is 0.254 e. The van der Waals surface area contributed by atoms with Crippen molar-refractivity contribution in [1.29, 1.82) is 0 Å². The highest BCUT2D eigenvalue weighted by atomic mass is 79.9. The van der Waals surface area contributed by atoms with Gasteiger partial charge in [-0.25, -0.2) is 4.39 Å². The first kappa shape index (κ1) is 13.5. The zero-order chi connectivity index (χ0) is 13.3. The van der Waals surface area contributed by atoms with Crippen molar-refractivity contribution in [2.24, 2.45) is 11.7 Å². The fourth-order valence-corrected chi connectivity index (χ4v) is 2.90. The molecule has 3 nitrogen and oxygen atoms in total. The SMILES string of the molecule is CC1CC(CN)CN1C(=O)c1cc(F)cc(Br)c1. The van der Waals surface area contributed by atoms with E-state index in [0.717, 1.165) is 6.42 Å². The van der Waals surface area contributed by atoms with Crippen LogP contribution in [0.15, 0.2) is 22.7 Å². The zero-order valence-electron chi connectivity index (χ0n) is 10.2. The Morgan fingerprint density at radius 3 is 2.83 bits per heavy atom. The Hall–Kier alpha value is -0.940. The molecule has 1 saturated heterocycles. The standard InChI is InChI=1S/C13H16BrFN2O/c1-8-2-9(6-16)7-17(8)13(18)10-3-11(14)5-12(15)4-10/h3-5,8-9H,2,6-7,16H2,1H3. The van der Waals surface area contributed by atoms with Crippen LogP contribution in [0.3, 0.4) is 0 Å². The van der Waals surface area contributed by atoms with Crippen LogP contribution < -0.4 is 5.73 Å². The molecular formula is C13H16BrFN2O. The van der Waals surface area contributed by atoms with E-state index in [1.807, 2.05) is 6.92 Å². The predicted molar refractivity (Wildman–Crippen MR) is 71.8 cm³/mol. The van der Waals surface area contributed by atoms with Gasteiger partial charge in [0.05, 0.1) is 0 Å². The highest BCUT2D eigenvalue weighted by molar-refractivity contribution is 9.10. The summed E-state index contributed by atoms with van der Waals surface area (Å²) < 4.78 is 13.9. The second-order valence-corrected chi connectivity index (χ2v) is 5.72. The minimum Gasteiger partial charge on any atom is -0.336 e. The minimum absolute atomic E-state index is 0.126. The van der Waals surface area contributed by atoms with Crippen LogP contribution in [0, 0.1) is 11.7 Å². The summed E-state index contributed by atoms with van der Waals surface area (Å²) in [6.07, 6.45) is 0.915. The fourth-order valence-electron chi connectivity index (χ4n) is 2.44. The summed E-state index contributed by atoms with van der Waals surface area (Å²) in [5.41, 5.74) is 6.02. The largest absolute Gasteiger partial charge is 0.336 e. The van der Waals surface area contributed by atoms with Gasteiger partial charge in [-0.05, 0) is 44.0 Å². The van der Waals surface area contributed by atoms with Gasteiger partial charge in [0.1, 0.15) is 5.82 Å². The van der Waals surface area contributed by atoms with Gasteiger partial charge in [0.15, 0.2) is 0 Å². The number of likely N-dealkylation sites (tertiary alicyclic amines) is 1. The van der Waals surface area contributed by atoms with Gasteiger partial charge in [0.2, 0.25) is 0 Å². The summed E-state index contributed by atoms with van der Waals surface area (Å²) in [5, 5.41) is 0. The molecule has 0 bridgehead atoms. The van der Waals surface area contributed by atoms with Crippen LogP contribution in [0.1, 0.15) is 23.7 Å². The molecule has 18 heavy (non-hydrogen) atoms. The molecule has 2 atom stereocenters. The number of nitrogens with zero attached hydrogens (tertiary/aromatic N) is 1. The van der Waals surface area contributed by atoms with E-state index in [1.165, 1.54) is 12.1 Å². The van der Waals surface area contributed by atoms with Crippen LogP contribution >= 0.6 is 15.9 Å². The normalized spacial score (nSPS) is 23.4. The molecule has 0 aliphatic carbocycles. The monoisotopic (exact) mass is 314 g/mol. The summed E-state index contributed by atoms with van der Waals surface area (Å²) in [7, 11) is 0. The Kier molecular flexibility index (Phi) is 4.02. The Morgan fingerprint density at radius 2 is 2.28 bits per heavy atom. The van der Waals surface area contributed by atoms with Crippen LogP contribution in [0.4, 0.5) is 4.39 Å². The van der Waals surface area contributed by atoms with E-state index < -0.39 is 5.82 Å². The van der Waals surface area contributed by atoms with E-state index >= 15 is 0 Å². The second-order valence-electron chi connectivity index (χ2n) is 4.80. The van der Waals surface area contributed by atoms with Gasteiger partial charge in [0, 0.05) is 22.6 Å². The van der Waals surface area contributed by atoms with Gasteiger partial charge in [-0.1, -0.05) is 15.9 Å². The smallest absolute Gasteiger partial charge is 0.254 e. The van der Waals surface area contributed by atoms with Gasteiger partial charge in [0.25, 0.3) is 5.91 Å². The van der Waals surface area contributed by atoms with Crippen molar-refractivity contribution in [3.8, 4) is 0 Å². The number of amides is 1. The number of hydrogen-bond acceptors (Lipinski definition) is 2. The highest BCUT2D eigenvalue weighted by Gasteiger charge is 2.32. The molecule has 2 N–H and O–H groups in total. The number of carbonyl (C=O) groups is 1. The molecule has 0 spiro atoms. The average Bonchev–Trinajstić information content (AvgIpc) is 2.68. The lowest BCUT2D eigenvalue weighted by Crippen LogP contribution is -2.34. The highest BCUT2D eigenvalue weighted by Crippen LogP contribution is 2.25. The lowest BCUT2D eigenvalue weighted by molar-refractivity contribution is 0.0743. The Bertz CT molecular complexity index is 446. The van der Waals surface area contributed by atoms with Crippen LogP contribution in [0.25, 0.3) is 0 Å². The van der Waals surface area contributed by atoms with Crippen LogP contribution in [-0.2, 0) is 0 Å². The Labute approximate surface area is 114 Å². The van der Waals surface area contributed by atoms with Crippen molar-refractivity contribution < 1.29 is 9.18 Å². The van der Waals surface area contributed by atoms with Crippen LogP contribution in [-0.4, -0.2) is 29.9 Å². The molecule has 0 saturated carbocycles. The summed E-state index contributed by atoms with van der Waals surface area (Å²) in [5.74, 6) is -0.186. The minimum atomic E-state index is -0.407. The molecule has 1 aliphatic rings. The van der Waals surface area contributed by atoms with Crippen molar-refractivity contribution in [1.82, 2.24) is 4.90 Å². The van der Waals surface area contributed by atoms with Crippen LogP contribution in [0.2, 0.25) is 0 Å². The number of rotatable bonds is 2. The molecule has 1 heterocycles. The number of carbonyl (C=O) groups excluding carboxylic acids is 1. The molecule has 1 aromatic rings. The summed E-state index contributed by atoms with van der Waals surface area (Å²) in [6, 6.07) is 4.42. The van der Waals surface area contributed by atoms with Crippen molar-refractivity contribution in [2.45, 2.75) is 19.4 Å². The van der Waals surface area contributed by atoms with E-state index in [4.69, 9.17) is 5.73 Å². The average molecular weight is 315 g/mol. The number of nitrogens with two attached hydrogens (primary N) is 1. The molecule has 98 valence electrons. The summed E-state index contributed by atoms with van der Waals surface area (Å²) in [4.78, 5) is 14.1. The lowest BCUT2D eigenvalue weighted by atomic mass is 10.1. The first-order chi connectivity index (χ1) is 8.51. The first-order valence-electron chi connectivity index (χ1n) is 5.98. The molecule has 0 radical (unpaired) electrons. The van der Waals surface area contributed by atoms with E-state index in [0.29, 0.717) is 29.0 Å². The number of benzene rings is 1. The van der Waals surface area contributed by atoms with Gasteiger partial charge in [-0.3, -0.25) is 4.79 Å². The van der Waals surface area contributed by atoms with Gasteiger partial charge in [-0.2, -0.15) is 0 Å². The molecule has 1 amide bonds. The molecular weight excluding hydrogens is 299 g/mol. The maximum absolute atomic E-state index is 13.3. The van der Waals surface area contributed by atoms with E-state index in [1.54, 1.807) is 11.0 Å². The predicted octanol–water partition coefficient (Wildman–Crippen LogP) is 2.40. The molecule has 2 unspecified atom stereocenters. The van der Waals surface area contributed by atoms with Crippen molar-refractivity contribution in [3.05, 3.63) is 34.1 Å². The van der Waals surface area contributed by atoms with Crippen molar-refractivity contribution in [2.75, 3.05) is 13.1 Å². The zero-order valence-corrected chi connectivity index (χ0v) is 11.8. The van der Waals surface area contributed by atoms with E-state index in [2.05, 4.69) is 15.9 Å². The van der Waals surface area contributed by atoms with Crippen molar-refractivity contribution in [3.63, 3.8) is 0 Å². The van der Waals surface area contributed by atoms with Gasteiger partial charge >= 0.3 is 0 Å². The number of hydrogen-bond donors (Lipinski definition) is 1. The molecule has 1 aromatic carbocycles. The second kappa shape index (κ2) is 5.36. The molecule has 1 fully saturated rings. The third kappa shape index (κ3) is 2.72. The Morgan fingerprint density at radius 1 is 1.56 bits per heavy atom. The quantitative estimate of drug-likeness (QED) is 0.911. The van der Waals surface area contributed by atoms with Gasteiger partial charge < -0.3 is 10.6 Å². The van der Waals surface area contributed by atoms with Gasteiger partial charge in [-0.15, -0.1) is 0 Å². The molecule has 2 rings (SSSR count). The third-order valence-electron chi connectivity index (χ3n) is 3.37. The van der Waals surface area contributed by atoms with Crippen molar-refractivity contribution >= 4 is 21.8 Å². The molecule has 5 heteroatoms. The number of halogens is 2. The van der Waals surface area contributed by atoms with Crippen LogP contribution in [0.5, 0.6) is 0 Å². The first-order valence-corrected chi connectivity index (χ1v) is 6.77. The topological polar surface area (TPSA) is 46.3 Å². The Balaban J connectivity index is 2.21.